The molecule has 5 heteroatoms. The van der Waals surface area contributed by atoms with E-state index < -0.39 is 0 Å². The number of amides is 1. The van der Waals surface area contributed by atoms with Gasteiger partial charge in [-0.15, -0.1) is 0 Å². The molecule has 0 unspecified atom stereocenters. The number of hydrazine groups is 1. The fourth-order valence-electron chi connectivity index (χ4n) is 1.56. The first-order chi connectivity index (χ1) is 8.67. The number of carbonyl (C=O) groups is 1. The molecule has 4 nitrogen and oxygen atoms in total. The molecule has 100 valence electrons. The Hall–Kier alpha value is -1.26. The van der Waals surface area contributed by atoms with Crippen LogP contribution in [0.15, 0.2) is 18.2 Å². The van der Waals surface area contributed by atoms with Crippen LogP contribution in [0.2, 0.25) is 5.02 Å². The number of nitrogens with two attached hydrogens (primary N) is 1. The third kappa shape index (κ3) is 4.94. The Kier molecular flexibility index (Phi) is 6.54. The number of halogens is 1. The largest absolute Gasteiger partial charge is 0.494 e. The van der Waals surface area contributed by atoms with E-state index in [9.17, 15) is 4.79 Å². The second-order valence-electron chi connectivity index (χ2n) is 3.98. The van der Waals surface area contributed by atoms with E-state index in [0.717, 1.165) is 35.6 Å². The molecule has 0 aliphatic carbocycles. The van der Waals surface area contributed by atoms with Crippen molar-refractivity contribution in [3.8, 4) is 5.75 Å². The highest BCUT2D eigenvalue weighted by Crippen LogP contribution is 2.22. The summed E-state index contributed by atoms with van der Waals surface area (Å²) in [5.74, 6) is 5.66. The maximum atomic E-state index is 10.9. The van der Waals surface area contributed by atoms with Gasteiger partial charge in [0, 0.05) is 11.4 Å². The lowest BCUT2D eigenvalue weighted by Gasteiger charge is -2.08. The van der Waals surface area contributed by atoms with Gasteiger partial charge in [-0.3, -0.25) is 10.2 Å². The third-order valence-corrected chi connectivity index (χ3v) is 2.99. The van der Waals surface area contributed by atoms with Gasteiger partial charge in [0.15, 0.2) is 0 Å². The quantitative estimate of drug-likeness (QED) is 0.346. The molecule has 1 aromatic carbocycles. The first-order valence-electron chi connectivity index (χ1n) is 6.08. The summed E-state index contributed by atoms with van der Waals surface area (Å²) in [6.07, 6.45) is 2.89. The molecule has 0 saturated carbocycles. The molecule has 0 atom stereocenters. The third-order valence-electron chi connectivity index (χ3n) is 2.63. The van der Waals surface area contributed by atoms with E-state index in [1.54, 1.807) is 0 Å². The molecule has 0 saturated heterocycles. The zero-order valence-electron chi connectivity index (χ0n) is 10.5. The van der Waals surface area contributed by atoms with Crippen LogP contribution in [0.5, 0.6) is 5.75 Å². The Morgan fingerprint density at radius 1 is 1.44 bits per heavy atom. The molecule has 3 N–H and O–H groups in total. The fourth-order valence-corrected chi connectivity index (χ4v) is 1.81. The van der Waals surface area contributed by atoms with Crippen molar-refractivity contribution in [3.63, 3.8) is 0 Å². The Labute approximate surface area is 112 Å². The zero-order chi connectivity index (χ0) is 13.4. The van der Waals surface area contributed by atoms with Gasteiger partial charge in [0.1, 0.15) is 5.75 Å². The number of ether oxygens (including phenoxy) is 1. The average Bonchev–Trinajstić information content (AvgIpc) is 2.39. The van der Waals surface area contributed by atoms with Crippen LogP contribution in [-0.4, -0.2) is 12.5 Å². The standard InChI is InChI=1S/C13H19ClN2O2/c1-2-10-9-11(6-7-12(10)14)18-8-4-3-5-13(17)16-15/h6-7,9H,2-5,8,15H2,1H3,(H,16,17). The maximum absolute atomic E-state index is 10.9. The Morgan fingerprint density at radius 2 is 2.22 bits per heavy atom. The van der Waals surface area contributed by atoms with Crippen molar-refractivity contribution in [2.24, 2.45) is 5.84 Å². The van der Waals surface area contributed by atoms with Crippen LogP contribution >= 0.6 is 11.6 Å². The van der Waals surface area contributed by atoms with Crippen LogP contribution in [0, 0.1) is 0 Å². The van der Waals surface area contributed by atoms with E-state index in [-0.39, 0.29) is 5.91 Å². The fraction of sp³-hybridized carbons (Fsp3) is 0.462. The molecular weight excluding hydrogens is 252 g/mol. The molecule has 18 heavy (non-hydrogen) atoms. The van der Waals surface area contributed by atoms with Crippen molar-refractivity contribution in [1.82, 2.24) is 5.43 Å². The molecule has 1 amide bonds. The molecule has 1 aromatic rings. The van der Waals surface area contributed by atoms with Crippen LogP contribution in [0.4, 0.5) is 0 Å². The molecule has 0 bridgehead atoms. The molecule has 0 aliphatic rings. The van der Waals surface area contributed by atoms with Crippen LogP contribution in [-0.2, 0) is 11.2 Å². The Morgan fingerprint density at radius 3 is 2.89 bits per heavy atom. The Bertz CT molecular complexity index is 397. The number of unbranched alkanes of at least 4 members (excludes halogenated alkanes) is 1. The van der Waals surface area contributed by atoms with Gasteiger partial charge in [-0.2, -0.15) is 0 Å². The predicted molar refractivity (Wildman–Crippen MR) is 72.5 cm³/mol. The van der Waals surface area contributed by atoms with Crippen molar-refractivity contribution in [1.29, 1.82) is 0 Å². The predicted octanol–water partition coefficient (Wildman–Crippen LogP) is 2.44. The van der Waals surface area contributed by atoms with E-state index in [1.807, 2.05) is 18.2 Å². The van der Waals surface area contributed by atoms with Gasteiger partial charge in [0.05, 0.1) is 6.61 Å². The van der Waals surface area contributed by atoms with E-state index in [4.69, 9.17) is 22.2 Å². The van der Waals surface area contributed by atoms with Crippen LogP contribution in [0.1, 0.15) is 31.7 Å². The van der Waals surface area contributed by atoms with Crippen LogP contribution in [0.25, 0.3) is 0 Å². The van der Waals surface area contributed by atoms with Crippen molar-refractivity contribution < 1.29 is 9.53 Å². The summed E-state index contributed by atoms with van der Waals surface area (Å²) in [6, 6.07) is 5.65. The summed E-state index contributed by atoms with van der Waals surface area (Å²) in [6.45, 7) is 2.64. The minimum atomic E-state index is -0.144. The van der Waals surface area contributed by atoms with Crippen LogP contribution in [0.3, 0.4) is 0 Å². The van der Waals surface area contributed by atoms with E-state index in [1.165, 1.54) is 0 Å². The number of hydrogen-bond donors (Lipinski definition) is 2. The lowest BCUT2D eigenvalue weighted by molar-refractivity contribution is -0.121. The first kappa shape index (κ1) is 14.8. The van der Waals surface area contributed by atoms with Crippen molar-refractivity contribution in [2.75, 3.05) is 6.61 Å². The normalized spacial score (nSPS) is 10.2. The average molecular weight is 271 g/mol. The minimum Gasteiger partial charge on any atom is -0.494 e. The van der Waals surface area contributed by atoms with Gasteiger partial charge in [0.2, 0.25) is 5.91 Å². The second kappa shape index (κ2) is 7.95. The molecular formula is C13H19ClN2O2. The lowest BCUT2D eigenvalue weighted by atomic mass is 10.1. The highest BCUT2D eigenvalue weighted by molar-refractivity contribution is 6.31. The molecule has 0 radical (unpaired) electrons. The number of aryl methyl sites for hydroxylation is 1. The number of benzene rings is 1. The van der Waals surface area contributed by atoms with Gasteiger partial charge in [0.25, 0.3) is 0 Å². The summed E-state index contributed by atoms with van der Waals surface area (Å²) >= 11 is 6.02. The summed E-state index contributed by atoms with van der Waals surface area (Å²) < 4.78 is 5.60. The van der Waals surface area contributed by atoms with E-state index >= 15 is 0 Å². The smallest absolute Gasteiger partial charge is 0.233 e. The van der Waals surface area contributed by atoms with Crippen LogP contribution < -0.4 is 16.0 Å². The molecule has 0 aromatic heterocycles. The topological polar surface area (TPSA) is 64.3 Å². The minimum absolute atomic E-state index is 0.144. The van der Waals surface area contributed by atoms with Gasteiger partial charge >= 0.3 is 0 Å². The van der Waals surface area contributed by atoms with Gasteiger partial charge in [-0.25, -0.2) is 5.84 Å². The second-order valence-corrected chi connectivity index (χ2v) is 4.39. The molecule has 0 heterocycles. The van der Waals surface area contributed by atoms with Gasteiger partial charge < -0.3 is 4.74 Å². The zero-order valence-corrected chi connectivity index (χ0v) is 11.3. The molecule has 0 aliphatic heterocycles. The molecule has 1 rings (SSSR count). The number of nitrogens with one attached hydrogen (secondary N) is 1. The van der Waals surface area contributed by atoms with E-state index in [2.05, 4.69) is 12.3 Å². The summed E-state index contributed by atoms with van der Waals surface area (Å²) in [7, 11) is 0. The maximum Gasteiger partial charge on any atom is 0.233 e. The highest BCUT2D eigenvalue weighted by Gasteiger charge is 2.02. The number of rotatable bonds is 7. The molecule has 0 fully saturated rings. The van der Waals surface area contributed by atoms with Gasteiger partial charge in [-0.1, -0.05) is 18.5 Å². The Balaban J connectivity index is 2.29. The molecule has 0 spiro atoms. The summed E-state index contributed by atoms with van der Waals surface area (Å²) in [5.41, 5.74) is 3.18. The SMILES string of the molecule is CCc1cc(OCCCCC(=O)NN)ccc1Cl. The summed E-state index contributed by atoms with van der Waals surface area (Å²) in [4.78, 5) is 10.9. The van der Waals surface area contributed by atoms with Crippen molar-refractivity contribution in [3.05, 3.63) is 28.8 Å². The highest BCUT2D eigenvalue weighted by atomic mass is 35.5. The monoisotopic (exact) mass is 270 g/mol. The number of carbonyl (C=O) groups excluding carboxylic acids is 1. The number of hydrogen-bond acceptors (Lipinski definition) is 3. The first-order valence-corrected chi connectivity index (χ1v) is 6.45. The van der Waals surface area contributed by atoms with Crippen molar-refractivity contribution >= 4 is 17.5 Å². The lowest BCUT2D eigenvalue weighted by Crippen LogP contribution is -2.29. The van der Waals surface area contributed by atoms with Gasteiger partial charge in [-0.05, 0) is 43.0 Å². The summed E-state index contributed by atoms with van der Waals surface area (Å²) in [5, 5.41) is 0.768. The van der Waals surface area contributed by atoms with Crippen molar-refractivity contribution in [2.45, 2.75) is 32.6 Å². The van der Waals surface area contributed by atoms with E-state index in [0.29, 0.717) is 13.0 Å².